The van der Waals surface area contributed by atoms with Crippen molar-refractivity contribution in [2.75, 3.05) is 19.6 Å². The van der Waals surface area contributed by atoms with Crippen molar-refractivity contribution in [2.45, 2.75) is 51.0 Å². The number of alkyl halides is 6. The first-order valence-electron chi connectivity index (χ1n) is 11.3. The molecule has 0 bridgehead atoms. The van der Waals surface area contributed by atoms with E-state index in [1.165, 1.54) is 5.56 Å². The number of likely N-dealkylation sites (tertiary alicyclic amines) is 1. The minimum atomic E-state index is -4.92. The van der Waals surface area contributed by atoms with E-state index in [1.807, 2.05) is 18.2 Å². The van der Waals surface area contributed by atoms with E-state index in [4.69, 9.17) is 0 Å². The highest BCUT2D eigenvalue weighted by molar-refractivity contribution is 5.78. The molecule has 3 nitrogen and oxygen atoms in total. The lowest BCUT2D eigenvalue weighted by atomic mass is 9.89. The summed E-state index contributed by atoms with van der Waals surface area (Å²) in [6.07, 6.45) is -7.22. The Morgan fingerprint density at radius 1 is 0.971 bits per heavy atom. The molecule has 1 N–H and O–H groups in total. The van der Waals surface area contributed by atoms with Crippen LogP contribution in [0.2, 0.25) is 0 Å². The molecular weight excluding hydrogens is 458 g/mol. The Hall–Kier alpha value is -2.55. The Balaban J connectivity index is 1.49. The van der Waals surface area contributed by atoms with Gasteiger partial charge in [-0.3, -0.25) is 4.79 Å². The van der Waals surface area contributed by atoms with Crippen LogP contribution in [0.15, 0.2) is 48.5 Å². The molecule has 0 radical (unpaired) electrons. The zero-order valence-electron chi connectivity index (χ0n) is 18.8. The van der Waals surface area contributed by atoms with Crippen molar-refractivity contribution in [3.05, 3.63) is 70.8 Å². The molecule has 1 amide bonds. The third kappa shape index (κ3) is 7.22. The molecule has 1 unspecified atom stereocenters. The van der Waals surface area contributed by atoms with Gasteiger partial charge in [0, 0.05) is 12.5 Å². The number of hydrogen-bond acceptors (Lipinski definition) is 2. The number of amides is 1. The van der Waals surface area contributed by atoms with Gasteiger partial charge in [-0.1, -0.05) is 37.3 Å². The molecule has 2 aromatic rings. The zero-order chi connectivity index (χ0) is 24.9. The number of nitrogens with one attached hydrogen (secondary N) is 1. The van der Waals surface area contributed by atoms with Crippen LogP contribution in [0.5, 0.6) is 0 Å². The smallest absolute Gasteiger partial charge is 0.352 e. The SMILES string of the molecule is CC(CCN1CCC(c2ccccc2)CC1)C(=O)NCc1cc(C(F)(F)F)cc(C(F)(F)F)c1. The summed E-state index contributed by atoms with van der Waals surface area (Å²) >= 11 is 0. The van der Waals surface area contributed by atoms with Crippen LogP contribution >= 0.6 is 0 Å². The number of nitrogens with zero attached hydrogens (tertiary/aromatic N) is 1. The lowest BCUT2D eigenvalue weighted by molar-refractivity contribution is -0.143. The van der Waals surface area contributed by atoms with Gasteiger partial charge in [0.25, 0.3) is 0 Å². The van der Waals surface area contributed by atoms with E-state index in [1.54, 1.807) is 6.92 Å². The van der Waals surface area contributed by atoms with E-state index < -0.39 is 41.8 Å². The maximum Gasteiger partial charge on any atom is 0.416 e. The number of hydrogen-bond donors (Lipinski definition) is 1. The van der Waals surface area contributed by atoms with Gasteiger partial charge in [0.1, 0.15) is 0 Å². The van der Waals surface area contributed by atoms with E-state index in [9.17, 15) is 31.1 Å². The van der Waals surface area contributed by atoms with Gasteiger partial charge >= 0.3 is 12.4 Å². The maximum atomic E-state index is 13.0. The van der Waals surface area contributed by atoms with Gasteiger partial charge in [0.05, 0.1) is 11.1 Å². The Morgan fingerprint density at radius 2 is 1.53 bits per heavy atom. The van der Waals surface area contributed by atoms with Crippen LogP contribution in [-0.4, -0.2) is 30.4 Å². The summed E-state index contributed by atoms with van der Waals surface area (Å²) in [5, 5.41) is 2.48. The molecule has 1 heterocycles. The molecule has 3 rings (SSSR count). The van der Waals surface area contributed by atoms with E-state index in [0.717, 1.165) is 25.9 Å². The third-order valence-corrected chi connectivity index (χ3v) is 6.30. The summed E-state index contributed by atoms with van der Waals surface area (Å²) in [7, 11) is 0. The molecule has 34 heavy (non-hydrogen) atoms. The fourth-order valence-corrected chi connectivity index (χ4v) is 4.21. The summed E-state index contributed by atoms with van der Waals surface area (Å²) < 4.78 is 78.0. The number of rotatable bonds is 7. The van der Waals surface area contributed by atoms with Crippen LogP contribution in [0, 0.1) is 5.92 Å². The molecule has 1 fully saturated rings. The van der Waals surface area contributed by atoms with Gasteiger partial charge in [0.2, 0.25) is 5.91 Å². The molecule has 1 aliphatic heterocycles. The Labute approximate surface area is 195 Å². The predicted octanol–water partition coefficient (Wildman–Crippen LogP) is 6.25. The number of carbonyl (C=O) groups excluding carboxylic acids is 1. The lowest BCUT2D eigenvalue weighted by Crippen LogP contribution is -2.36. The number of piperidine rings is 1. The average molecular weight is 487 g/mol. The summed E-state index contributed by atoms with van der Waals surface area (Å²) in [6.45, 7) is 3.84. The normalized spacial score (nSPS) is 16.9. The highest BCUT2D eigenvalue weighted by Gasteiger charge is 2.37. The van der Waals surface area contributed by atoms with Crippen molar-refractivity contribution in [2.24, 2.45) is 5.92 Å². The maximum absolute atomic E-state index is 13.0. The Morgan fingerprint density at radius 3 is 2.06 bits per heavy atom. The molecule has 0 aromatic heterocycles. The van der Waals surface area contributed by atoms with Crippen molar-refractivity contribution < 1.29 is 31.1 Å². The lowest BCUT2D eigenvalue weighted by Gasteiger charge is -2.32. The average Bonchev–Trinajstić information content (AvgIpc) is 2.80. The number of carbonyl (C=O) groups is 1. The summed E-state index contributed by atoms with van der Waals surface area (Å²) in [4.78, 5) is 14.7. The quantitative estimate of drug-likeness (QED) is 0.470. The fourth-order valence-electron chi connectivity index (χ4n) is 4.21. The van der Waals surface area contributed by atoms with Crippen molar-refractivity contribution >= 4 is 5.91 Å². The van der Waals surface area contributed by atoms with Gasteiger partial charge < -0.3 is 10.2 Å². The highest BCUT2D eigenvalue weighted by atomic mass is 19.4. The van der Waals surface area contributed by atoms with Gasteiger partial charge in [-0.2, -0.15) is 26.3 Å². The van der Waals surface area contributed by atoms with Gasteiger partial charge in [-0.15, -0.1) is 0 Å². The van der Waals surface area contributed by atoms with E-state index in [2.05, 4.69) is 22.3 Å². The molecule has 186 valence electrons. The van der Waals surface area contributed by atoms with Crippen LogP contribution in [0.1, 0.15) is 54.4 Å². The van der Waals surface area contributed by atoms with E-state index >= 15 is 0 Å². The van der Waals surface area contributed by atoms with Crippen molar-refractivity contribution in [3.63, 3.8) is 0 Å². The van der Waals surface area contributed by atoms with Crippen LogP contribution in [0.4, 0.5) is 26.3 Å². The van der Waals surface area contributed by atoms with Crippen molar-refractivity contribution in [1.82, 2.24) is 10.2 Å². The molecular formula is C25H28F6N2O. The monoisotopic (exact) mass is 486 g/mol. The zero-order valence-corrected chi connectivity index (χ0v) is 18.8. The standard InChI is InChI=1S/C25H28F6N2O/c1-17(7-10-33-11-8-20(9-12-33)19-5-3-2-4-6-19)23(34)32-16-18-13-21(24(26,27)28)15-22(14-18)25(29,30)31/h2-6,13-15,17,20H,7-12,16H2,1H3,(H,32,34). The minimum Gasteiger partial charge on any atom is -0.352 e. The third-order valence-electron chi connectivity index (χ3n) is 6.30. The second-order valence-electron chi connectivity index (χ2n) is 8.85. The van der Waals surface area contributed by atoms with Crippen LogP contribution in [0.3, 0.4) is 0 Å². The predicted molar refractivity (Wildman–Crippen MR) is 117 cm³/mol. The van der Waals surface area contributed by atoms with Crippen LogP contribution < -0.4 is 5.32 Å². The van der Waals surface area contributed by atoms with Crippen molar-refractivity contribution in [1.29, 1.82) is 0 Å². The topological polar surface area (TPSA) is 32.3 Å². The van der Waals surface area contributed by atoms with Crippen molar-refractivity contribution in [3.8, 4) is 0 Å². The van der Waals surface area contributed by atoms with E-state index in [-0.39, 0.29) is 11.6 Å². The molecule has 1 saturated heterocycles. The Bertz CT molecular complexity index is 918. The first kappa shape index (κ1) is 26.1. The largest absolute Gasteiger partial charge is 0.416 e. The molecule has 0 saturated carbocycles. The summed E-state index contributed by atoms with van der Waals surface area (Å²) in [5.41, 5.74) is -1.69. The first-order valence-corrected chi connectivity index (χ1v) is 11.3. The first-order chi connectivity index (χ1) is 15.9. The fraction of sp³-hybridized carbons (Fsp3) is 0.480. The van der Waals surface area contributed by atoms with Crippen LogP contribution in [0.25, 0.3) is 0 Å². The molecule has 0 spiro atoms. The highest BCUT2D eigenvalue weighted by Crippen LogP contribution is 2.36. The number of halogens is 6. The molecule has 1 aliphatic rings. The van der Waals surface area contributed by atoms with Gasteiger partial charge in [-0.25, -0.2) is 0 Å². The van der Waals surface area contributed by atoms with E-state index in [0.29, 0.717) is 31.0 Å². The van der Waals surface area contributed by atoms with Gasteiger partial charge in [0.15, 0.2) is 0 Å². The summed E-state index contributed by atoms with van der Waals surface area (Å²) in [5.74, 6) is -0.294. The second kappa shape index (κ2) is 10.8. The number of benzene rings is 2. The molecule has 1 atom stereocenters. The second-order valence-corrected chi connectivity index (χ2v) is 8.85. The molecule has 2 aromatic carbocycles. The minimum absolute atomic E-state index is 0.0783. The molecule has 0 aliphatic carbocycles. The Kier molecular flexibility index (Phi) is 8.28. The summed E-state index contributed by atoms with van der Waals surface area (Å²) in [6, 6.07) is 11.7. The molecule has 9 heteroatoms. The van der Waals surface area contributed by atoms with Crippen LogP contribution in [-0.2, 0) is 23.7 Å². The van der Waals surface area contributed by atoms with Gasteiger partial charge in [-0.05, 0) is 74.1 Å².